The van der Waals surface area contributed by atoms with E-state index in [0.717, 1.165) is 17.9 Å². The Kier molecular flexibility index (Phi) is 5.97. The molecule has 2 nitrogen and oxygen atoms in total. The summed E-state index contributed by atoms with van der Waals surface area (Å²) in [4.78, 5) is 2.47. The molecule has 1 saturated heterocycles. The molecule has 2 heteroatoms. The van der Waals surface area contributed by atoms with Crippen LogP contribution in [0.1, 0.15) is 58.3 Å². The van der Waals surface area contributed by atoms with Crippen LogP contribution in [0.25, 0.3) is 0 Å². The fraction of sp³-hybridized carbons (Fsp3) is 1.00. The molecule has 0 aromatic rings. The van der Waals surface area contributed by atoms with Crippen LogP contribution in [0, 0.1) is 11.8 Å². The van der Waals surface area contributed by atoms with Gasteiger partial charge in [-0.25, -0.2) is 0 Å². The highest BCUT2D eigenvalue weighted by molar-refractivity contribution is 4.80. The number of likely N-dealkylation sites (tertiary alicyclic amines) is 1. The van der Waals surface area contributed by atoms with Crippen LogP contribution in [-0.4, -0.2) is 37.6 Å². The summed E-state index contributed by atoms with van der Waals surface area (Å²) in [5, 5.41) is 3.91. The van der Waals surface area contributed by atoms with Crippen LogP contribution in [0.5, 0.6) is 0 Å². The standard InChI is InChI=1S/C16H32N2/c1-3-16(15-7-5-4-6-8-15)17-13-14-9-11-18(2)12-10-14/h14-17H,3-13H2,1-2H3. The first-order valence-corrected chi connectivity index (χ1v) is 8.21. The normalized spacial score (nSPS) is 26.3. The van der Waals surface area contributed by atoms with Crippen LogP contribution in [0.3, 0.4) is 0 Å². The van der Waals surface area contributed by atoms with Crippen LogP contribution in [0.15, 0.2) is 0 Å². The minimum atomic E-state index is 0.796. The first kappa shape index (κ1) is 14.3. The van der Waals surface area contributed by atoms with Gasteiger partial charge in [0.15, 0.2) is 0 Å². The number of piperidine rings is 1. The molecule has 0 aromatic heterocycles. The number of nitrogens with one attached hydrogen (secondary N) is 1. The van der Waals surface area contributed by atoms with E-state index >= 15 is 0 Å². The highest BCUT2D eigenvalue weighted by Gasteiger charge is 2.23. The Morgan fingerprint density at radius 2 is 1.72 bits per heavy atom. The number of hydrogen-bond donors (Lipinski definition) is 1. The molecular formula is C16H32N2. The molecule has 0 aromatic carbocycles. The van der Waals surface area contributed by atoms with E-state index in [1.165, 1.54) is 71.0 Å². The monoisotopic (exact) mass is 252 g/mol. The molecule has 1 heterocycles. The molecule has 1 atom stereocenters. The highest BCUT2D eigenvalue weighted by atomic mass is 15.1. The summed E-state index contributed by atoms with van der Waals surface area (Å²) >= 11 is 0. The van der Waals surface area contributed by atoms with E-state index in [0.29, 0.717) is 0 Å². The second kappa shape index (κ2) is 7.49. The molecule has 18 heavy (non-hydrogen) atoms. The zero-order valence-corrected chi connectivity index (χ0v) is 12.5. The summed E-state index contributed by atoms with van der Waals surface area (Å²) < 4.78 is 0. The van der Waals surface area contributed by atoms with E-state index in [1.54, 1.807) is 0 Å². The lowest BCUT2D eigenvalue weighted by Crippen LogP contribution is -2.42. The van der Waals surface area contributed by atoms with Crippen molar-refractivity contribution in [1.29, 1.82) is 0 Å². The first-order valence-electron chi connectivity index (χ1n) is 8.21. The lowest BCUT2D eigenvalue weighted by Gasteiger charge is -2.34. The molecule has 1 N–H and O–H groups in total. The predicted octanol–water partition coefficient (Wildman–Crippen LogP) is 3.28. The molecule has 106 valence electrons. The molecular weight excluding hydrogens is 220 g/mol. The molecule has 1 unspecified atom stereocenters. The molecule has 0 radical (unpaired) electrons. The average molecular weight is 252 g/mol. The molecule has 0 spiro atoms. The Bertz CT molecular complexity index is 215. The number of nitrogens with zero attached hydrogens (tertiary/aromatic N) is 1. The van der Waals surface area contributed by atoms with Crippen LogP contribution in [-0.2, 0) is 0 Å². The molecule has 2 aliphatic rings. The summed E-state index contributed by atoms with van der Waals surface area (Å²) in [5.41, 5.74) is 0. The first-order chi connectivity index (χ1) is 8.79. The Morgan fingerprint density at radius 3 is 2.33 bits per heavy atom. The Labute approximate surface area is 114 Å². The van der Waals surface area contributed by atoms with Crippen molar-refractivity contribution < 1.29 is 0 Å². The van der Waals surface area contributed by atoms with Gasteiger partial charge in [0.25, 0.3) is 0 Å². The second-order valence-corrected chi connectivity index (χ2v) is 6.57. The van der Waals surface area contributed by atoms with Gasteiger partial charge in [-0.05, 0) is 70.6 Å². The molecule has 1 saturated carbocycles. The van der Waals surface area contributed by atoms with Crippen LogP contribution in [0.2, 0.25) is 0 Å². The quantitative estimate of drug-likeness (QED) is 0.808. The third-order valence-corrected chi connectivity index (χ3v) is 5.17. The van der Waals surface area contributed by atoms with Gasteiger partial charge >= 0.3 is 0 Å². The molecule has 0 bridgehead atoms. The van der Waals surface area contributed by atoms with Crippen molar-refractivity contribution in [3.05, 3.63) is 0 Å². The van der Waals surface area contributed by atoms with Crippen molar-refractivity contribution in [3.8, 4) is 0 Å². The lowest BCUT2D eigenvalue weighted by atomic mass is 9.82. The molecule has 2 fully saturated rings. The van der Waals surface area contributed by atoms with E-state index in [2.05, 4.69) is 24.2 Å². The maximum atomic E-state index is 3.91. The van der Waals surface area contributed by atoms with Gasteiger partial charge in [0.1, 0.15) is 0 Å². The van der Waals surface area contributed by atoms with Crippen molar-refractivity contribution >= 4 is 0 Å². The lowest BCUT2D eigenvalue weighted by molar-refractivity contribution is 0.198. The summed E-state index contributed by atoms with van der Waals surface area (Å²) in [6, 6.07) is 0.796. The Hall–Kier alpha value is -0.0800. The van der Waals surface area contributed by atoms with Crippen LogP contribution >= 0.6 is 0 Å². The fourth-order valence-corrected chi connectivity index (χ4v) is 3.77. The minimum absolute atomic E-state index is 0.796. The van der Waals surface area contributed by atoms with Gasteiger partial charge in [0.2, 0.25) is 0 Å². The number of hydrogen-bond acceptors (Lipinski definition) is 2. The SMILES string of the molecule is CCC(NCC1CCN(C)CC1)C1CCCCC1. The van der Waals surface area contributed by atoms with Gasteiger partial charge in [-0.1, -0.05) is 26.2 Å². The van der Waals surface area contributed by atoms with E-state index in [1.807, 2.05) is 0 Å². The van der Waals surface area contributed by atoms with Crippen LogP contribution in [0.4, 0.5) is 0 Å². The molecule has 0 amide bonds. The summed E-state index contributed by atoms with van der Waals surface area (Å²) in [6.07, 6.45) is 11.5. The van der Waals surface area contributed by atoms with Gasteiger partial charge in [0.05, 0.1) is 0 Å². The third-order valence-electron chi connectivity index (χ3n) is 5.17. The zero-order chi connectivity index (χ0) is 12.8. The van der Waals surface area contributed by atoms with Crippen molar-refractivity contribution in [2.75, 3.05) is 26.7 Å². The van der Waals surface area contributed by atoms with E-state index in [4.69, 9.17) is 0 Å². The molecule has 1 aliphatic carbocycles. The summed E-state index contributed by atoms with van der Waals surface area (Å²) in [7, 11) is 2.25. The van der Waals surface area contributed by atoms with E-state index < -0.39 is 0 Å². The van der Waals surface area contributed by atoms with Crippen molar-refractivity contribution in [2.45, 2.75) is 64.3 Å². The summed E-state index contributed by atoms with van der Waals surface area (Å²) in [5.74, 6) is 1.90. The molecule has 2 rings (SSSR count). The van der Waals surface area contributed by atoms with Gasteiger partial charge < -0.3 is 10.2 Å². The molecule has 1 aliphatic heterocycles. The zero-order valence-electron chi connectivity index (χ0n) is 12.5. The predicted molar refractivity (Wildman–Crippen MR) is 78.9 cm³/mol. The Morgan fingerprint density at radius 1 is 1.06 bits per heavy atom. The third kappa shape index (κ3) is 4.24. The van der Waals surface area contributed by atoms with Crippen molar-refractivity contribution in [2.24, 2.45) is 11.8 Å². The van der Waals surface area contributed by atoms with E-state index in [-0.39, 0.29) is 0 Å². The van der Waals surface area contributed by atoms with Crippen LogP contribution < -0.4 is 5.32 Å². The van der Waals surface area contributed by atoms with Gasteiger partial charge in [-0.15, -0.1) is 0 Å². The topological polar surface area (TPSA) is 15.3 Å². The largest absolute Gasteiger partial charge is 0.313 e. The smallest absolute Gasteiger partial charge is 0.00928 e. The maximum Gasteiger partial charge on any atom is 0.00928 e. The Balaban J connectivity index is 1.69. The average Bonchev–Trinajstić information content (AvgIpc) is 2.43. The van der Waals surface area contributed by atoms with Gasteiger partial charge in [-0.2, -0.15) is 0 Å². The van der Waals surface area contributed by atoms with Crippen molar-refractivity contribution in [1.82, 2.24) is 10.2 Å². The maximum absolute atomic E-state index is 3.91. The van der Waals surface area contributed by atoms with E-state index in [9.17, 15) is 0 Å². The second-order valence-electron chi connectivity index (χ2n) is 6.57. The summed E-state index contributed by atoms with van der Waals surface area (Å²) in [6.45, 7) is 6.23. The van der Waals surface area contributed by atoms with Crippen molar-refractivity contribution in [3.63, 3.8) is 0 Å². The fourth-order valence-electron chi connectivity index (χ4n) is 3.77. The minimum Gasteiger partial charge on any atom is -0.313 e. The van der Waals surface area contributed by atoms with Gasteiger partial charge in [-0.3, -0.25) is 0 Å². The number of rotatable bonds is 5. The highest BCUT2D eigenvalue weighted by Crippen LogP contribution is 2.28. The van der Waals surface area contributed by atoms with Gasteiger partial charge in [0, 0.05) is 6.04 Å².